The van der Waals surface area contributed by atoms with Gasteiger partial charge >= 0.3 is 0 Å². The number of anilines is 1. The van der Waals surface area contributed by atoms with E-state index in [0.717, 1.165) is 5.56 Å². The maximum atomic E-state index is 12.3. The molecule has 0 radical (unpaired) electrons. The molecule has 128 valence electrons. The molecule has 0 aliphatic heterocycles. The molecule has 0 atom stereocenters. The van der Waals surface area contributed by atoms with Crippen molar-refractivity contribution in [2.24, 2.45) is 0 Å². The first kappa shape index (κ1) is 17.2. The molecule has 0 bridgehead atoms. The minimum Gasteiger partial charge on any atom is -0.454 e. The van der Waals surface area contributed by atoms with Crippen LogP contribution in [-0.2, 0) is 10.0 Å². The van der Waals surface area contributed by atoms with Crippen LogP contribution in [0, 0.1) is 6.92 Å². The summed E-state index contributed by atoms with van der Waals surface area (Å²) in [6, 6.07) is 9.47. The van der Waals surface area contributed by atoms with Gasteiger partial charge in [0, 0.05) is 18.6 Å². The fourth-order valence-corrected chi connectivity index (χ4v) is 3.31. The summed E-state index contributed by atoms with van der Waals surface area (Å²) in [7, 11) is -3.73. The summed E-state index contributed by atoms with van der Waals surface area (Å²) in [4.78, 5) is 7.92. The summed E-state index contributed by atoms with van der Waals surface area (Å²) < 4.78 is 32.7. The number of ether oxygens (including phenoxy) is 1. The summed E-state index contributed by atoms with van der Waals surface area (Å²) in [5.41, 5.74) is 1.28. The predicted octanol–water partition coefficient (Wildman–Crippen LogP) is 4.03. The zero-order valence-corrected chi connectivity index (χ0v) is 14.8. The first-order valence-electron chi connectivity index (χ1n) is 7.26. The van der Waals surface area contributed by atoms with E-state index in [1.807, 2.05) is 13.0 Å². The Labute approximate surface area is 150 Å². The van der Waals surface area contributed by atoms with E-state index >= 15 is 0 Å². The quantitative estimate of drug-likeness (QED) is 0.728. The van der Waals surface area contributed by atoms with Crippen LogP contribution in [0.3, 0.4) is 0 Å². The topological polar surface area (TPSA) is 81.2 Å². The van der Waals surface area contributed by atoms with E-state index in [4.69, 9.17) is 16.3 Å². The highest BCUT2D eigenvalue weighted by atomic mass is 35.5. The number of aryl methyl sites for hydroxylation is 1. The van der Waals surface area contributed by atoms with Crippen molar-refractivity contribution in [2.45, 2.75) is 11.8 Å². The lowest BCUT2D eigenvalue weighted by Crippen LogP contribution is -2.13. The zero-order chi connectivity index (χ0) is 17.9. The monoisotopic (exact) mass is 375 g/mol. The molecule has 0 aliphatic carbocycles. The highest BCUT2D eigenvalue weighted by molar-refractivity contribution is 7.92. The van der Waals surface area contributed by atoms with Gasteiger partial charge in [-0.15, -0.1) is 0 Å². The van der Waals surface area contributed by atoms with Gasteiger partial charge in [0.2, 0.25) is 0 Å². The Kier molecular flexibility index (Phi) is 4.87. The van der Waals surface area contributed by atoms with E-state index in [9.17, 15) is 8.42 Å². The van der Waals surface area contributed by atoms with E-state index < -0.39 is 10.0 Å². The van der Waals surface area contributed by atoms with Crippen LogP contribution in [0.15, 0.2) is 66.1 Å². The van der Waals surface area contributed by atoms with Gasteiger partial charge in [-0.25, -0.2) is 8.42 Å². The highest BCUT2D eigenvalue weighted by Crippen LogP contribution is 2.32. The molecule has 0 saturated carbocycles. The number of pyridine rings is 2. The number of benzene rings is 1. The van der Waals surface area contributed by atoms with Gasteiger partial charge in [0.05, 0.1) is 16.9 Å². The van der Waals surface area contributed by atoms with Gasteiger partial charge in [0.25, 0.3) is 10.0 Å². The highest BCUT2D eigenvalue weighted by Gasteiger charge is 2.15. The standard InChI is InChI=1S/C17H14ClN3O3S/c1-12-7-14(10-20-9-12)24-17-5-4-13(8-16(17)18)21-25(22,23)15-3-2-6-19-11-15/h2-11,21H,1H3. The van der Waals surface area contributed by atoms with Gasteiger partial charge in [-0.05, 0) is 48.9 Å². The van der Waals surface area contributed by atoms with Gasteiger partial charge < -0.3 is 4.74 Å². The maximum Gasteiger partial charge on any atom is 0.263 e. The third-order valence-electron chi connectivity index (χ3n) is 3.21. The molecule has 6 nitrogen and oxygen atoms in total. The summed E-state index contributed by atoms with van der Waals surface area (Å²) in [5, 5.41) is 0.271. The number of rotatable bonds is 5. The molecular formula is C17H14ClN3O3S. The Hall–Kier alpha value is -2.64. The van der Waals surface area contributed by atoms with E-state index in [-0.39, 0.29) is 9.92 Å². The molecule has 2 aromatic heterocycles. The number of aromatic nitrogens is 2. The Morgan fingerprint density at radius 3 is 2.60 bits per heavy atom. The number of nitrogens with one attached hydrogen (secondary N) is 1. The molecule has 0 unspecified atom stereocenters. The number of hydrogen-bond acceptors (Lipinski definition) is 5. The second-order valence-corrected chi connectivity index (χ2v) is 7.33. The van der Waals surface area contributed by atoms with Crippen LogP contribution in [0.4, 0.5) is 5.69 Å². The molecule has 0 saturated heterocycles. The lowest BCUT2D eigenvalue weighted by Gasteiger charge is -2.11. The zero-order valence-electron chi connectivity index (χ0n) is 13.2. The van der Waals surface area contributed by atoms with Crippen LogP contribution >= 0.6 is 11.6 Å². The number of halogens is 1. The molecule has 25 heavy (non-hydrogen) atoms. The van der Waals surface area contributed by atoms with Gasteiger partial charge in [0.15, 0.2) is 0 Å². The number of hydrogen-bond donors (Lipinski definition) is 1. The molecular weight excluding hydrogens is 362 g/mol. The lowest BCUT2D eigenvalue weighted by atomic mass is 10.3. The fourth-order valence-electron chi connectivity index (χ4n) is 2.08. The second kappa shape index (κ2) is 7.08. The van der Waals surface area contributed by atoms with Crippen LogP contribution in [-0.4, -0.2) is 18.4 Å². The van der Waals surface area contributed by atoms with E-state index in [0.29, 0.717) is 17.2 Å². The largest absolute Gasteiger partial charge is 0.454 e. The van der Waals surface area contributed by atoms with Crippen molar-refractivity contribution in [3.8, 4) is 11.5 Å². The molecule has 2 heterocycles. The molecule has 0 aliphatic rings. The normalized spacial score (nSPS) is 11.1. The second-order valence-electron chi connectivity index (χ2n) is 5.24. The Balaban J connectivity index is 1.80. The van der Waals surface area contributed by atoms with Crippen molar-refractivity contribution in [1.82, 2.24) is 9.97 Å². The van der Waals surface area contributed by atoms with E-state index in [1.165, 1.54) is 24.5 Å². The fraction of sp³-hybridized carbons (Fsp3) is 0.0588. The molecule has 0 fully saturated rings. The molecule has 1 aromatic carbocycles. The van der Waals surface area contributed by atoms with Crippen LogP contribution in [0.5, 0.6) is 11.5 Å². The van der Waals surface area contributed by atoms with Crippen LogP contribution in [0.2, 0.25) is 5.02 Å². The Morgan fingerprint density at radius 1 is 1.08 bits per heavy atom. The van der Waals surface area contributed by atoms with Crippen LogP contribution < -0.4 is 9.46 Å². The minimum absolute atomic E-state index is 0.0669. The minimum atomic E-state index is -3.73. The Morgan fingerprint density at radius 2 is 1.92 bits per heavy atom. The van der Waals surface area contributed by atoms with Crippen molar-refractivity contribution >= 4 is 27.3 Å². The van der Waals surface area contributed by atoms with Gasteiger partial charge in [-0.2, -0.15) is 0 Å². The molecule has 8 heteroatoms. The van der Waals surface area contributed by atoms with Crippen molar-refractivity contribution in [1.29, 1.82) is 0 Å². The first-order chi connectivity index (χ1) is 11.9. The van der Waals surface area contributed by atoms with Gasteiger partial charge in [-0.1, -0.05) is 11.6 Å². The molecule has 0 amide bonds. The summed E-state index contributed by atoms with van der Waals surface area (Å²) >= 11 is 6.20. The maximum absolute atomic E-state index is 12.3. The van der Waals surface area contributed by atoms with Crippen LogP contribution in [0.25, 0.3) is 0 Å². The van der Waals surface area contributed by atoms with Crippen molar-refractivity contribution in [2.75, 3.05) is 4.72 Å². The van der Waals surface area contributed by atoms with Crippen molar-refractivity contribution < 1.29 is 13.2 Å². The predicted molar refractivity (Wildman–Crippen MR) is 95.5 cm³/mol. The van der Waals surface area contributed by atoms with Gasteiger partial charge in [-0.3, -0.25) is 14.7 Å². The van der Waals surface area contributed by atoms with Gasteiger partial charge in [0.1, 0.15) is 16.4 Å². The third kappa shape index (κ3) is 4.26. The average molecular weight is 376 g/mol. The lowest BCUT2D eigenvalue weighted by molar-refractivity contribution is 0.480. The van der Waals surface area contributed by atoms with Crippen molar-refractivity contribution in [3.05, 3.63) is 71.8 Å². The third-order valence-corrected chi connectivity index (χ3v) is 4.87. The SMILES string of the molecule is Cc1cncc(Oc2ccc(NS(=O)(=O)c3cccnc3)cc2Cl)c1. The van der Waals surface area contributed by atoms with Crippen molar-refractivity contribution in [3.63, 3.8) is 0 Å². The molecule has 3 rings (SSSR count). The molecule has 1 N–H and O–H groups in total. The summed E-state index contributed by atoms with van der Waals surface area (Å²) in [6.07, 6.45) is 6.06. The molecule has 3 aromatic rings. The first-order valence-corrected chi connectivity index (χ1v) is 9.12. The average Bonchev–Trinajstić information content (AvgIpc) is 2.58. The smallest absolute Gasteiger partial charge is 0.263 e. The van der Waals surface area contributed by atoms with E-state index in [2.05, 4.69) is 14.7 Å². The Bertz CT molecular complexity index is 995. The summed E-state index contributed by atoms with van der Waals surface area (Å²) in [5.74, 6) is 0.948. The van der Waals surface area contributed by atoms with Crippen LogP contribution in [0.1, 0.15) is 5.56 Å². The number of sulfonamides is 1. The van der Waals surface area contributed by atoms with E-state index in [1.54, 1.807) is 30.6 Å². The number of nitrogens with zero attached hydrogens (tertiary/aromatic N) is 2. The summed E-state index contributed by atoms with van der Waals surface area (Å²) in [6.45, 7) is 1.90. The molecule has 0 spiro atoms.